The molecule has 4 heteroatoms. The van der Waals surface area contributed by atoms with Gasteiger partial charge in [0.1, 0.15) is 0 Å². The van der Waals surface area contributed by atoms with E-state index in [0.29, 0.717) is 0 Å². The summed E-state index contributed by atoms with van der Waals surface area (Å²) < 4.78 is 0. The zero-order chi connectivity index (χ0) is 2.00. The van der Waals surface area contributed by atoms with Gasteiger partial charge in [-0.2, -0.15) is 0 Å². The molecule has 0 aliphatic carbocycles. The molecule has 0 aromatic rings. The van der Waals surface area contributed by atoms with Crippen LogP contribution in [0.25, 0.3) is 0 Å². The Morgan fingerprint density at radius 1 is 1.25 bits per heavy atom. The molecule has 0 aliphatic rings. The van der Waals surface area contributed by atoms with Crippen molar-refractivity contribution in [1.29, 1.82) is 0 Å². The first-order valence-electron chi connectivity index (χ1n) is 0.577. The van der Waals surface area contributed by atoms with Gasteiger partial charge >= 0.3 is 0 Å². The molecule has 0 fully saturated rings. The Kier molecular flexibility index (Phi) is 131. The largest absolute Gasteiger partial charge is 0.0434 e. The van der Waals surface area contributed by atoms with Gasteiger partial charge in [0, 0.05) is 40.7 Å². The zero-order valence-electron chi connectivity index (χ0n) is 2.23. The summed E-state index contributed by atoms with van der Waals surface area (Å²) in [6.07, 6.45) is 0. The summed E-state index contributed by atoms with van der Waals surface area (Å²) in [6.45, 7) is 0. The fourth-order valence-corrected chi connectivity index (χ4v) is 0. The van der Waals surface area contributed by atoms with Crippen LogP contribution in [0.15, 0.2) is 0 Å². The molecule has 0 spiro atoms. The predicted molar refractivity (Wildman–Crippen MR) is 15.7 cm³/mol. The van der Waals surface area contributed by atoms with Crippen molar-refractivity contribution in [2.75, 3.05) is 0 Å². The SMILES string of the molecule is [B][SiH3].[Co].[Ni]. The van der Waals surface area contributed by atoms with Gasteiger partial charge < -0.3 is 0 Å². The molecule has 0 amide bonds. The van der Waals surface area contributed by atoms with Crippen molar-refractivity contribution < 1.29 is 33.3 Å². The summed E-state index contributed by atoms with van der Waals surface area (Å²) in [4.78, 5) is 0. The molecule has 0 heterocycles. The molecular formula is H3BCoNiSi. The fraction of sp³-hybridized carbons (Fsp3) is 0. The second-order valence-electron chi connectivity index (χ2n) is 0. The summed E-state index contributed by atoms with van der Waals surface area (Å²) >= 11 is 0. The van der Waals surface area contributed by atoms with E-state index in [-0.39, 0.29) is 33.3 Å². The molecule has 0 N–H and O–H groups in total. The van der Waals surface area contributed by atoms with Crippen LogP contribution in [0.1, 0.15) is 0 Å². The second-order valence-corrected chi connectivity index (χ2v) is 0. The molecule has 0 nitrogen and oxygen atoms in total. The molecule has 3 radical (unpaired) electrons. The Morgan fingerprint density at radius 3 is 1.25 bits per heavy atom. The van der Waals surface area contributed by atoms with Crippen LogP contribution in [0.5, 0.6) is 0 Å². The van der Waals surface area contributed by atoms with Crippen molar-refractivity contribution in [1.82, 2.24) is 0 Å². The van der Waals surface area contributed by atoms with Gasteiger partial charge in [-0.25, -0.2) is 0 Å². The summed E-state index contributed by atoms with van der Waals surface area (Å²) in [5.74, 6) is 0. The third kappa shape index (κ3) is 10.4. The first-order chi connectivity index (χ1) is 1.00. The van der Waals surface area contributed by atoms with Gasteiger partial charge in [-0.05, 0) is 10.1 Å². The van der Waals surface area contributed by atoms with Crippen molar-refractivity contribution in [3.8, 4) is 0 Å². The minimum Gasteiger partial charge on any atom is -0.0388 e. The van der Waals surface area contributed by atoms with Crippen molar-refractivity contribution in [2.24, 2.45) is 0 Å². The Hall–Kier alpha value is 1.28. The van der Waals surface area contributed by atoms with Crippen LogP contribution in [-0.4, -0.2) is 17.6 Å². The van der Waals surface area contributed by atoms with E-state index in [0.717, 1.165) is 10.1 Å². The molecule has 0 aromatic carbocycles. The second kappa shape index (κ2) is 28.1. The first kappa shape index (κ1) is 18.6. The molecule has 0 saturated carbocycles. The van der Waals surface area contributed by atoms with E-state index < -0.39 is 0 Å². The number of hydrogen-bond donors (Lipinski definition) is 0. The maximum Gasteiger partial charge on any atom is 0.0434 e. The fourth-order valence-electron chi connectivity index (χ4n) is 0. The van der Waals surface area contributed by atoms with E-state index in [1.165, 1.54) is 0 Å². The topological polar surface area (TPSA) is 0 Å². The van der Waals surface area contributed by atoms with Crippen molar-refractivity contribution >= 4 is 17.6 Å². The van der Waals surface area contributed by atoms with Crippen LogP contribution in [0.4, 0.5) is 0 Å². The molecule has 0 aliphatic heterocycles. The molecule has 4 heavy (non-hydrogen) atoms. The Labute approximate surface area is 51.0 Å². The Bertz CT molecular complexity index is 8.00. The van der Waals surface area contributed by atoms with Gasteiger partial charge in [-0.3, -0.25) is 0 Å². The monoisotopic (exact) mass is 159 g/mol. The number of rotatable bonds is 0. The summed E-state index contributed by atoms with van der Waals surface area (Å²) in [5, 5.41) is 0. The van der Waals surface area contributed by atoms with E-state index in [9.17, 15) is 0 Å². The zero-order valence-corrected chi connectivity index (χ0v) is 6.26. The third-order valence-corrected chi connectivity index (χ3v) is 0. The average molecular weight is 160 g/mol. The van der Waals surface area contributed by atoms with Gasteiger partial charge in [0.15, 0.2) is 0 Å². The Morgan fingerprint density at radius 2 is 1.25 bits per heavy atom. The molecule has 29 valence electrons. The van der Waals surface area contributed by atoms with E-state index in [4.69, 9.17) is 0 Å². The van der Waals surface area contributed by atoms with Crippen LogP contribution in [-0.2, 0) is 33.3 Å². The molecule has 0 saturated heterocycles. The van der Waals surface area contributed by atoms with Crippen LogP contribution < -0.4 is 0 Å². The quantitative estimate of drug-likeness (QED) is 0.375. The maximum absolute atomic E-state index is 4.64. The van der Waals surface area contributed by atoms with Gasteiger partial charge in [-0.1, -0.05) is 0 Å². The van der Waals surface area contributed by atoms with E-state index in [1.54, 1.807) is 0 Å². The molecule has 0 unspecified atom stereocenters. The average Bonchev–Trinajstić information content (AvgIpc) is 1.00. The van der Waals surface area contributed by atoms with Gasteiger partial charge in [0.25, 0.3) is 0 Å². The minimum atomic E-state index is 0. The van der Waals surface area contributed by atoms with E-state index in [2.05, 4.69) is 7.44 Å². The molecule has 0 rings (SSSR count). The smallest absolute Gasteiger partial charge is 0.0388 e. The molecule has 0 bridgehead atoms. The standard InChI is InChI=1S/BH3Si.Co.Ni/c1-2;;/h2H3;;. The van der Waals surface area contributed by atoms with Gasteiger partial charge in [0.2, 0.25) is 0 Å². The van der Waals surface area contributed by atoms with Crippen molar-refractivity contribution in [2.45, 2.75) is 0 Å². The van der Waals surface area contributed by atoms with Crippen LogP contribution in [0, 0.1) is 0 Å². The van der Waals surface area contributed by atoms with Gasteiger partial charge in [0.05, 0.1) is 0 Å². The molecular weight excluding hydrogens is 157 g/mol. The van der Waals surface area contributed by atoms with Gasteiger partial charge in [-0.15, -0.1) is 0 Å². The summed E-state index contributed by atoms with van der Waals surface area (Å²) in [7, 11) is 5.44. The minimum absolute atomic E-state index is 0. The van der Waals surface area contributed by atoms with Crippen LogP contribution in [0.2, 0.25) is 0 Å². The molecule has 0 aromatic heterocycles. The Balaban J connectivity index is -0.00000000500. The van der Waals surface area contributed by atoms with Crippen molar-refractivity contribution in [3.63, 3.8) is 0 Å². The maximum atomic E-state index is 4.64. The summed E-state index contributed by atoms with van der Waals surface area (Å²) in [5.41, 5.74) is 0. The number of hydrogen-bond acceptors (Lipinski definition) is 0. The third-order valence-electron chi connectivity index (χ3n) is 0. The molecule has 0 atom stereocenters. The first-order valence-corrected chi connectivity index (χ1v) is 1.73. The predicted octanol–water partition coefficient (Wildman–Crippen LogP) is -1.57. The van der Waals surface area contributed by atoms with Crippen LogP contribution >= 0.6 is 0 Å². The van der Waals surface area contributed by atoms with Crippen molar-refractivity contribution in [3.05, 3.63) is 0 Å². The van der Waals surface area contributed by atoms with E-state index >= 15 is 0 Å². The normalized spacial score (nSPS) is 2.00. The summed E-state index contributed by atoms with van der Waals surface area (Å²) in [6, 6.07) is 0. The van der Waals surface area contributed by atoms with Crippen LogP contribution in [0.3, 0.4) is 0 Å². The van der Waals surface area contributed by atoms with E-state index in [1.807, 2.05) is 0 Å².